The van der Waals surface area contributed by atoms with Gasteiger partial charge in [0.15, 0.2) is 16.6 Å². The van der Waals surface area contributed by atoms with Crippen molar-refractivity contribution >= 4 is 25.2 Å². The Morgan fingerprint density at radius 1 is 0.800 bits per heavy atom. The topological polar surface area (TPSA) is 18.5 Å². The first-order valence-electron chi connectivity index (χ1n) is 7.82. The minimum absolute atomic E-state index is 0.634. The van der Waals surface area contributed by atoms with Gasteiger partial charge in [0.1, 0.15) is 0 Å². The fraction of sp³-hybridized carbons (Fsp3) is 0.733. The van der Waals surface area contributed by atoms with E-state index in [2.05, 4.69) is 45.9 Å². The van der Waals surface area contributed by atoms with Gasteiger partial charge in [-0.05, 0) is 45.6 Å². The highest BCUT2D eigenvalue weighted by Gasteiger charge is 2.47. The van der Waals surface area contributed by atoms with Gasteiger partial charge in [-0.1, -0.05) is 30.7 Å². The van der Waals surface area contributed by atoms with E-state index in [1.165, 1.54) is 32.1 Å². The number of rotatable bonds is 7. The molecule has 0 atom stereocenters. The molecule has 0 radical (unpaired) electrons. The summed E-state index contributed by atoms with van der Waals surface area (Å²) in [6, 6.07) is 0. The van der Waals surface area contributed by atoms with Crippen LogP contribution in [0.15, 0.2) is 24.6 Å². The molecule has 1 aliphatic carbocycles. The third-order valence-electron chi connectivity index (χ3n) is 4.26. The first-order chi connectivity index (χ1) is 9.14. The summed E-state index contributed by atoms with van der Waals surface area (Å²) in [6.45, 7) is 19.1. The first-order valence-corrected chi connectivity index (χ1v) is 16.2. The largest absolute Gasteiger partial charge is 0.433 e. The average molecular weight is 329 g/mol. The highest BCUT2D eigenvalue weighted by Crippen LogP contribution is 2.41. The second-order valence-electron chi connectivity index (χ2n) is 7.17. The Labute approximate surface area is 128 Å². The smallest absolute Gasteiger partial charge is 0.318 e. The van der Waals surface area contributed by atoms with Gasteiger partial charge in [0.05, 0.1) is 0 Å². The summed E-state index contributed by atoms with van der Waals surface area (Å²) in [5.74, 6) is 0. The fourth-order valence-corrected chi connectivity index (χ4v) is 15.3. The lowest BCUT2D eigenvalue weighted by atomic mass is 10.0. The molecule has 0 saturated heterocycles. The Bertz CT molecular complexity index is 325. The van der Waals surface area contributed by atoms with Crippen LogP contribution in [-0.4, -0.2) is 25.2 Å². The van der Waals surface area contributed by atoms with Gasteiger partial charge >= 0.3 is 8.56 Å². The normalized spacial score (nSPS) is 18.9. The molecular weight excluding hydrogens is 296 g/mol. The van der Waals surface area contributed by atoms with E-state index in [1.54, 1.807) is 0 Å². The monoisotopic (exact) mass is 328 g/mol. The molecule has 5 heteroatoms. The van der Waals surface area contributed by atoms with E-state index in [0.29, 0.717) is 5.54 Å². The number of hydrogen-bond acceptors (Lipinski definition) is 2. The molecule has 116 valence electrons. The van der Waals surface area contributed by atoms with Crippen LogP contribution in [0.1, 0.15) is 32.1 Å². The molecule has 0 aromatic heterocycles. The summed E-state index contributed by atoms with van der Waals surface area (Å²) in [7, 11) is -5.82. The van der Waals surface area contributed by atoms with Crippen LogP contribution < -0.4 is 0 Å². The summed E-state index contributed by atoms with van der Waals surface area (Å²) >= 11 is 0. The van der Waals surface area contributed by atoms with Crippen molar-refractivity contribution in [1.29, 1.82) is 0 Å². The van der Waals surface area contributed by atoms with E-state index in [-0.39, 0.29) is 0 Å². The van der Waals surface area contributed by atoms with Gasteiger partial charge in [-0.3, -0.25) is 0 Å². The molecule has 1 rings (SSSR count). The quantitative estimate of drug-likeness (QED) is 0.591. The first kappa shape index (κ1) is 18.1. The van der Waals surface area contributed by atoms with Crippen LogP contribution in [-0.2, 0) is 8.23 Å². The summed E-state index contributed by atoms with van der Waals surface area (Å²) in [6.07, 6.45) is 6.56. The van der Waals surface area contributed by atoms with E-state index in [4.69, 9.17) is 8.23 Å². The lowest BCUT2D eigenvalue weighted by Gasteiger charge is -2.44. The van der Waals surface area contributed by atoms with E-state index < -0.39 is 25.2 Å². The summed E-state index contributed by atoms with van der Waals surface area (Å²) in [5, 5.41) is 0. The van der Waals surface area contributed by atoms with Crippen LogP contribution >= 0.6 is 0 Å². The molecule has 0 aromatic carbocycles. The second kappa shape index (κ2) is 6.87. The lowest BCUT2D eigenvalue weighted by molar-refractivity contribution is 0.336. The van der Waals surface area contributed by atoms with Crippen LogP contribution in [0.25, 0.3) is 0 Å². The molecule has 0 spiro atoms. The zero-order chi connectivity index (χ0) is 15.4. The maximum absolute atomic E-state index is 6.68. The van der Waals surface area contributed by atoms with Gasteiger partial charge in [0.25, 0.3) is 0 Å². The Hall–Kier alpha value is 0.0506. The van der Waals surface area contributed by atoms with Crippen LogP contribution in [0.5, 0.6) is 0 Å². The van der Waals surface area contributed by atoms with Crippen LogP contribution in [0.3, 0.4) is 0 Å². The Kier molecular flexibility index (Phi) is 6.22. The summed E-state index contributed by atoms with van der Waals surface area (Å²) < 4.78 is 13.4. The van der Waals surface area contributed by atoms with Gasteiger partial charge in [-0.2, -0.15) is 0 Å². The van der Waals surface area contributed by atoms with Crippen LogP contribution in [0, 0.1) is 0 Å². The predicted octanol–water partition coefficient (Wildman–Crippen LogP) is 5.29. The highest BCUT2D eigenvalue weighted by atomic mass is 28.5. The second-order valence-corrected chi connectivity index (χ2v) is 18.9. The Morgan fingerprint density at radius 3 is 1.55 bits per heavy atom. The van der Waals surface area contributed by atoms with Crippen molar-refractivity contribution < 1.29 is 8.23 Å². The van der Waals surface area contributed by atoms with E-state index in [1.807, 2.05) is 11.4 Å². The van der Waals surface area contributed by atoms with Crippen molar-refractivity contribution in [2.24, 2.45) is 0 Å². The molecule has 0 aromatic rings. The van der Waals surface area contributed by atoms with Crippen LogP contribution in [0.2, 0.25) is 38.3 Å². The van der Waals surface area contributed by atoms with E-state index in [0.717, 1.165) is 0 Å². The Balaban J connectivity index is 2.97. The van der Waals surface area contributed by atoms with E-state index in [9.17, 15) is 0 Å². The molecule has 0 unspecified atom stereocenters. The van der Waals surface area contributed by atoms with Crippen LogP contribution in [0.4, 0.5) is 0 Å². The maximum Gasteiger partial charge on any atom is 0.318 e. The van der Waals surface area contributed by atoms with Crippen molar-refractivity contribution in [3.63, 3.8) is 0 Å². The minimum atomic E-state index is -2.18. The SMILES string of the molecule is C=C[Si](C)(C)O[Si](C)(O[Si](C)(C)C=C)C1CCCCC1. The van der Waals surface area contributed by atoms with Crippen molar-refractivity contribution in [2.45, 2.75) is 70.4 Å². The minimum Gasteiger partial charge on any atom is -0.433 e. The molecule has 0 bridgehead atoms. The fourth-order valence-electron chi connectivity index (χ4n) is 2.94. The van der Waals surface area contributed by atoms with Gasteiger partial charge in [-0.15, -0.1) is 13.2 Å². The van der Waals surface area contributed by atoms with Crippen molar-refractivity contribution in [3.8, 4) is 0 Å². The van der Waals surface area contributed by atoms with E-state index >= 15 is 0 Å². The molecule has 0 aliphatic heterocycles. The molecule has 20 heavy (non-hydrogen) atoms. The molecule has 2 nitrogen and oxygen atoms in total. The molecular formula is C15H32O2Si3. The third kappa shape index (κ3) is 5.11. The van der Waals surface area contributed by atoms with Gasteiger partial charge in [-0.25, -0.2) is 0 Å². The molecule has 1 fully saturated rings. The highest BCUT2D eigenvalue weighted by molar-refractivity contribution is 6.91. The predicted molar refractivity (Wildman–Crippen MR) is 96.0 cm³/mol. The molecule has 0 N–H and O–H groups in total. The standard InChI is InChI=1S/C15H32O2Si3/c1-8-18(3,4)16-20(7,17-19(5,6)9-2)15-13-11-10-12-14-15/h8-9,15H,1-2,10-14H2,3-7H3. The summed E-state index contributed by atoms with van der Waals surface area (Å²) in [4.78, 5) is 0. The van der Waals surface area contributed by atoms with Crippen molar-refractivity contribution in [1.82, 2.24) is 0 Å². The number of hydrogen-bond donors (Lipinski definition) is 0. The summed E-state index contributed by atoms with van der Waals surface area (Å²) in [5.41, 5.74) is 4.70. The molecule has 1 saturated carbocycles. The zero-order valence-electron chi connectivity index (χ0n) is 14.0. The molecule has 0 amide bonds. The molecule has 0 heterocycles. The van der Waals surface area contributed by atoms with Gasteiger partial charge in [0.2, 0.25) is 0 Å². The average Bonchev–Trinajstić information content (AvgIpc) is 2.38. The third-order valence-corrected chi connectivity index (χ3v) is 15.7. The maximum atomic E-state index is 6.68. The van der Waals surface area contributed by atoms with Crippen molar-refractivity contribution in [2.75, 3.05) is 0 Å². The van der Waals surface area contributed by atoms with Crippen molar-refractivity contribution in [3.05, 3.63) is 24.6 Å². The van der Waals surface area contributed by atoms with Gasteiger partial charge < -0.3 is 8.23 Å². The zero-order valence-corrected chi connectivity index (χ0v) is 17.0. The Morgan fingerprint density at radius 2 is 1.20 bits per heavy atom. The van der Waals surface area contributed by atoms with Gasteiger partial charge in [0, 0.05) is 5.54 Å². The lowest BCUT2D eigenvalue weighted by Crippen LogP contribution is -2.56. The molecule has 1 aliphatic rings.